The summed E-state index contributed by atoms with van der Waals surface area (Å²) in [5.41, 5.74) is 2.63. The molecular weight excluding hydrogens is 360 g/mol. The topological polar surface area (TPSA) is 95.9 Å². The van der Waals surface area contributed by atoms with Crippen molar-refractivity contribution in [3.05, 3.63) is 59.7 Å². The van der Waals surface area contributed by atoms with Gasteiger partial charge in [0, 0.05) is 25.7 Å². The molecule has 7 nitrogen and oxygen atoms in total. The minimum absolute atomic E-state index is 0.0733. The Morgan fingerprint density at radius 2 is 1.89 bits per heavy atom. The lowest BCUT2D eigenvalue weighted by molar-refractivity contribution is -0.139. The zero-order chi connectivity index (χ0) is 20.1. The molecule has 0 bridgehead atoms. The third kappa shape index (κ3) is 4.49. The van der Waals surface area contributed by atoms with E-state index in [1.165, 1.54) is 0 Å². The predicted octanol–water partition coefficient (Wildman–Crippen LogP) is 1.96. The molecule has 1 unspecified atom stereocenters. The van der Waals surface area contributed by atoms with Gasteiger partial charge in [-0.1, -0.05) is 30.3 Å². The maximum Gasteiger partial charge on any atom is 0.341 e. The Morgan fingerprint density at radius 1 is 1.18 bits per heavy atom. The zero-order valence-corrected chi connectivity index (χ0v) is 15.6. The number of carboxylic acids is 1. The van der Waals surface area contributed by atoms with Crippen molar-refractivity contribution in [2.24, 2.45) is 0 Å². The third-order valence-electron chi connectivity index (χ3n) is 4.74. The van der Waals surface area contributed by atoms with Crippen LogP contribution < -0.4 is 15.0 Å². The van der Waals surface area contributed by atoms with Gasteiger partial charge in [-0.15, -0.1) is 0 Å². The molecule has 0 aromatic heterocycles. The predicted molar refractivity (Wildman–Crippen MR) is 103 cm³/mol. The summed E-state index contributed by atoms with van der Waals surface area (Å²) in [6.45, 7) is 0.0586. The Morgan fingerprint density at radius 3 is 2.61 bits per heavy atom. The fraction of sp³-hybridized carbons (Fsp3) is 0.286. The minimum atomic E-state index is -1.03. The van der Waals surface area contributed by atoms with Crippen LogP contribution in [0.5, 0.6) is 5.75 Å². The van der Waals surface area contributed by atoms with Gasteiger partial charge in [0.1, 0.15) is 5.75 Å². The Balaban J connectivity index is 1.55. The summed E-state index contributed by atoms with van der Waals surface area (Å²) in [7, 11) is 1.72. The van der Waals surface area contributed by atoms with Crippen LogP contribution in [0.25, 0.3) is 0 Å². The van der Waals surface area contributed by atoms with Crippen LogP contribution in [0.3, 0.4) is 0 Å². The fourth-order valence-electron chi connectivity index (χ4n) is 3.23. The molecule has 1 atom stereocenters. The molecule has 7 heteroatoms. The molecular formula is C21H22N2O5. The molecule has 0 fully saturated rings. The second-order valence-electron chi connectivity index (χ2n) is 6.64. The van der Waals surface area contributed by atoms with Gasteiger partial charge in [0.2, 0.25) is 11.8 Å². The van der Waals surface area contributed by atoms with Gasteiger partial charge < -0.3 is 20.1 Å². The van der Waals surface area contributed by atoms with E-state index in [0.717, 1.165) is 16.8 Å². The van der Waals surface area contributed by atoms with Crippen LogP contribution in [-0.2, 0) is 20.8 Å². The summed E-state index contributed by atoms with van der Waals surface area (Å²) < 4.78 is 5.09. The van der Waals surface area contributed by atoms with Crippen molar-refractivity contribution < 1.29 is 24.2 Å². The number of carbonyl (C=O) groups is 3. The van der Waals surface area contributed by atoms with Crippen LogP contribution in [0.4, 0.5) is 5.69 Å². The number of hydrogen-bond donors (Lipinski definition) is 2. The molecule has 0 aliphatic carbocycles. The van der Waals surface area contributed by atoms with Crippen LogP contribution in [-0.4, -0.2) is 43.1 Å². The van der Waals surface area contributed by atoms with Crippen LogP contribution in [0.2, 0.25) is 0 Å². The monoisotopic (exact) mass is 382 g/mol. The van der Waals surface area contributed by atoms with Crippen molar-refractivity contribution >= 4 is 23.5 Å². The molecule has 1 aliphatic rings. The van der Waals surface area contributed by atoms with E-state index in [4.69, 9.17) is 9.84 Å². The first-order chi connectivity index (χ1) is 13.5. The Kier molecular flexibility index (Phi) is 5.93. The molecule has 1 heterocycles. The molecule has 146 valence electrons. The summed E-state index contributed by atoms with van der Waals surface area (Å²) in [4.78, 5) is 36.9. The summed E-state index contributed by atoms with van der Waals surface area (Å²) in [6.07, 6.45) is 0.780. The summed E-state index contributed by atoms with van der Waals surface area (Å²) >= 11 is 0. The zero-order valence-electron chi connectivity index (χ0n) is 15.6. The number of anilines is 1. The lowest BCUT2D eigenvalue weighted by Crippen LogP contribution is -2.39. The first-order valence-electron chi connectivity index (χ1n) is 9.02. The number of carbonyl (C=O) groups excluding carboxylic acids is 2. The van der Waals surface area contributed by atoms with E-state index in [0.29, 0.717) is 18.7 Å². The van der Waals surface area contributed by atoms with Crippen LogP contribution >= 0.6 is 0 Å². The van der Waals surface area contributed by atoms with Gasteiger partial charge >= 0.3 is 5.97 Å². The van der Waals surface area contributed by atoms with Gasteiger partial charge in [0.15, 0.2) is 6.61 Å². The molecule has 3 rings (SSSR count). The van der Waals surface area contributed by atoms with Crippen molar-refractivity contribution in [1.29, 1.82) is 0 Å². The number of rotatable bonds is 7. The largest absolute Gasteiger partial charge is 0.482 e. The van der Waals surface area contributed by atoms with E-state index in [-0.39, 0.29) is 24.8 Å². The number of aliphatic carboxylic acids is 1. The van der Waals surface area contributed by atoms with E-state index in [1.54, 1.807) is 24.1 Å². The lowest BCUT2D eigenvalue weighted by Gasteiger charge is -2.30. The number of benzene rings is 2. The first kappa shape index (κ1) is 19.4. The van der Waals surface area contributed by atoms with E-state index in [1.807, 2.05) is 36.4 Å². The molecule has 0 saturated heterocycles. The smallest absolute Gasteiger partial charge is 0.341 e. The number of para-hydroxylation sites is 1. The molecule has 0 radical (unpaired) electrons. The van der Waals surface area contributed by atoms with E-state index in [2.05, 4.69) is 5.32 Å². The van der Waals surface area contributed by atoms with E-state index in [9.17, 15) is 14.4 Å². The van der Waals surface area contributed by atoms with Gasteiger partial charge in [-0.2, -0.15) is 0 Å². The van der Waals surface area contributed by atoms with Gasteiger partial charge in [-0.25, -0.2) is 4.79 Å². The molecule has 2 aromatic carbocycles. The number of ether oxygens (including phenoxy) is 1. The van der Waals surface area contributed by atoms with Crippen molar-refractivity contribution in [3.8, 4) is 5.75 Å². The standard InChI is InChI=1S/C21H22N2O5/c1-23-18-5-3-2-4-16(18)17(12-19(23)24)21(27)22-11-10-14-6-8-15(9-7-14)28-13-20(25)26/h2-9,17H,10-13H2,1H3,(H,22,27)(H,25,26). The molecule has 2 aromatic rings. The highest BCUT2D eigenvalue weighted by Gasteiger charge is 2.33. The Hall–Kier alpha value is -3.35. The van der Waals surface area contributed by atoms with Crippen molar-refractivity contribution in [3.63, 3.8) is 0 Å². The summed E-state index contributed by atoms with van der Waals surface area (Å²) in [5, 5.41) is 11.5. The number of hydrogen-bond acceptors (Lipinski definition) is 4. The van der Waals surface area contributed by atoms with Crippen molar-refractivity contribution in [2.45, 2.75) is 18.8 Å². The quantitative estimate of drug-likeness (QED) is 0.763. The second kappa shape index (κ2) is 8.56. The number of carboxylic acid groups (broad SMARTS) is 1. The second-order valence-corrected chi connectivity index (χ2v) is 6.64. The van der Waals surface area contributed by atoms with Crippen LogP contribution in [0.1, 0.15) is 23.5 Å². The number of nitrogens with one attached hydrogen (secondary N) is 1. The minimum Gasteiger partial charge on any atom is -0.482 e. The highest BCUT2D eigenvalue weighted by molar-refractivity contribution is 6.02. The number of fused-ring (bicyclic) bond motifs is 1. The first-order valence-corrected chi connectivity index (χ1v) is 9.02. The molecule has 28 heavy (non-hydrogen) atoms. The highest BCUT2D eigenvalue weighted by Crippen LogP contribution is 2.35. The van der Waals surface area contributed by atoms with E-state index >= 15 is 0 Å². The van der Waals surface area contributed by atoms with Crippen molar-refractivity contribution in [2.75, 3.05) is 25.1 Å². The number of amides is 2. The Labute approximate surface area is 162 Å². The van der Waals surface area contributed by atoms with Crippen LogP contribution in [0.15, 0.2) is 48.5 Å². The van der Waals surface area contributed by atoms with E-state index < -0.39 is 11.9 Å². The third-order valence-corrected chi connectivity index (χ3v) is 4.74. The summed E-state index contributed by atoms with van der Waals surface area (Å²) in [6, 6.07) is 14.5. The molecule has 2 amide bonds. The average molecular weight is 382 g/mol. The maximum atomic E-state index is 12.6. The van der Waals surface area contributed by atoms with Crippen molar-refractivity contribution in [1.82, 2.24) is 5.32 Å². The normalized spacial score (nSPS) is 15.7. The molecule has 2 N–H and O–H groups in total. The van der Waals surface area contributed by atoms with Gasteiger partial charge in [-0.05, 0) is 35.7 Å². The molecule has 1 aliphatic heterocycles. The molecule has 0 saturated carbocycles. The summed E-state index contributed by atoms with van der Waals surface area (Å²) in [5.74, 6) is -1.25. The fourth-order valence-corrected chi connectivity index (χ4v) is 3.23. The van der Waals surface area contributed by atoms with Gasteiger partial charge in [0.25, 0.3) is 0 Å². The van der Waals surface area contributed by atoms with Crippen LogP contribution in [0, 0.1) is 0 Å². The van der Waals surface area contributed by atoms with Gasteiger partial charge in [-0.3, -0.25) is 9.59 Å². The SMILES string of the molecule is CN1C(=O)CC(C(=O)NCCc2ccc(OCC(=O)O)cc2)c2ccccc21. The maximum absolute atomic E-state index is 12.6. The van der Waals surface area contributed by atoms with Gasteiger partial charge in [0.05, 0.1) is 5.92 Å². The highest BCUT2D eigenvalue weighted by atomic mass is 16.5. The Bertz CT molecular complexity index is 879. The molecule has 0 spiro atoms. The lowest BCUT2D eigenvalue weighted by atomic mass is 9.89. The number of nitrogens with zero attached hydrogens (tertiary/aromatic N) is 1. The average Bonchev–Trinajstić information content (AvgIpc) is 2.70.